The average molecular weight is 250 g/mol. The van der Waals surface area contributed by atoms with Crippen molar-refractivity contribution in [2.24, 2.45) is 0 Å². The first-order valence-electron chi connectivity index (χ1n) is 6.09. The first-order chi connectivity index (χ1) is 8.08. The molecule has 0 amide bonds. The fourth-order valence-corrected chi connectivity index (χ4v) is 0.895. The number of unbranched alkanes of at least 4 members (excludes halogenated alkanes) is 1. The van der Waals surface area contributed by atoms with Crippen LogP contribution < -0.4 is 0 Å². The third kappa shape index (κ3) is 21.2. The maximum Gasteiger partial charge on any atom is 0.305 e. The molecule has 0 aromatic heterocycles. The molecule has 0 rings (SSSR count). The summed E-state index contributed by atoms with van der Waals surface area (Å²) in [7, 11) is 1.66. The van der Waals surface area contributed by atoms with Gasteiger partial charge in [0, 0.05) is 20.1 Å². The average Bonchev–Trinajstić information content (AvgIpc) is 2.29. The first-order valence-corrected chi connectivity index (χ1v) is 6.09. The van der Waals surface area contributed by atoms with Gasteiger partial charge in [-0.15, -0.1) is 0 Å². The predicted octanol–water partition coefficient (Wildman–Crippen LogP) is 1.46. The second kappa shape index (κ2) is 15.4. The zero-order valence-corrected chi connectivity index (χ0v) is 11.1. The summed E-state index contributed by atoms with van der Waals surface area (Å²) in [5, 5.41) is 16.2. The van der Waals surface area contributed by atoms with Crippen molar-refractivity contribution < 1.29 is 24.5 Å². The van der Waals surface area contributed by atoms with E-state index in [0.717, 1.165) is 25.9 Å². The van der Waals surface area contributed by atoms with Gasteiger partial charge < -0.3 is 19.7 Å². The Morgan fingerprint density at radius 1 is 1.18 bits per heavy atom. The van der Waals surface area contributed by atoms with E-state index in [4.69, 9.17) is 19.7 Å². The second-order valence-corrected chi connectivity index (χ2v) is 3.54. The first kappa shape index (κ1) is 18.7. The molecule has 0 aliphatic carbocycles. The maximum absolute atomic E-state index is 10.6. The SMILES string of the molecule is CCC(=O)OCCCCOC.CCCC(O)O. The van der Waals surface area contributed by atoms with Crippen LogP contribution in [0.25, 0.3) is 0 Å². The molecular weight excluding hydrogens is 224 g/mol. The quantitative estimate of drug-likeness (QED) is 0.387. The molecule has 0 heterocycles. The molecule has 0 aliphatic heterocycles. The smallest absolute Gasteiger partial charge is 0.305 e. The van der Waals surface area contributed by atoms with Crippen molar-refractivity contribution in [2.75, 3.05) is 20.3 Å². The lowest BCUT2D eigenvalue weighted by atomic mass is 10.3. The minimum absolute atomic E-state index is 0.123. The van der Waals surface area contributed by atoms with Crippen LogP contribution in [0.4, 0.5) is 0 Å². The zero-order chi connectivity index (χ0) is 13.5. The number of hydrogen-bond donors (Lipinski definition) is 2. The largest absolute Gasteiger partial charge is 0.466 e. The fourth-order valence-electron chi connectivity index (χ4n) is 0.895. The minimum Gasteiger partial charge on any atom is -0.466 e. The van der Waals surface area contributed by atoms with Crippen molar-refractivity contribution >= 4 is 5.97 Å². The molecule has 5 heteroatoms. The van der Waals surface area contributed by atoms with Crippen molar-refractivity contribution in [1.82, 2.24) is 0 Å². The van der Waals surface area contributed by atoms with Gasteiger partial charge >= 0.3 is 5.97 Å². The fraction of sp³-hybridized carbons (Fsp3) is 0.917. The van der Waals surface area contributed by atoms with Gasteiger partial charge in [-0.05, 0) is 19.3 Å². The highest BCUT2D eigenvalue weighted by atomic mass is 16.5. The van der Waals surface area contributed by atoms with Crippen LogP contribution in [0.1, 0.15) is 46.0 Å². The van der Waals surface area contributed by atoms with E-state index in [0.29, 0.717) is 19.4 Å². The van der Waals surface area contributed by atoms with E-state index in [1.54, 1.807) is 14.0 Å². The summed E-state index contributed by atoms with van der Waals surface area (Å²) in [6.45, 7) is 4.95. The van der Waals surface area contributed by atoms with E-state index in [9.17, 15) is 4.79 Å². The van der Waals surface area contributed by atoms with E-state index in [-0.39, 0.29) is 5.97 Å². The lowest BCUT2D eigenvalue weighted by Gasteiger charge is -2.01. The predicted molar refractivity (Wildman–Crippen MR) is 65.5 cm³/mol. The number of methoxy groups -OCH3 is 1. The molecule has 0 aromatic rings. The Hall–Kier alpha value is -0.650. The Labute approximate surface area is 104 Å². The van der Waals surface area contributed by atoms with Crippen LogP contribution in [0.15, 0.2) is 0 Å². The number of carbonyl (C=O) groups is 1. The van der Waals surface area contributed by atoms with Gasteiger partial charge in [0.15, 0.2) is 6.29 Å². The Morgan fingerprint density at radius 3 is 2.12 bits per heavy atom. The van der Waals surface area contributed by atoms with E-state index in [2.05, 4.69) is 0 Å². The molecule has 17 heavy (non-hydrogen) atoms. The van der Waals surface area contributed by atoms with Crippen molar-refractivity contribution in [3.63, 3.8) is 0 Å². The van der Waals surface area contributed by atoms with Gasteiger partial charge in [0.05, 0.1) is 6.61 Å². The molecule has 0 radical (unpaired) electrons. The van der Waals surface area contributed by atoms with E-state index >= 15 is 0 Å². The third-order valence-electron chi connectivity index (χ3n) is 1.84. The van der Waals surface area contributed by atoms with Gasteiger partial charge in [0.2, 0.25) is 0 Å². The molecule has 0 spiro atoms. The van der Waals surface area contributed by atoms with Crippen LogP contribution >= 0.6 is 0 Å². The summed E-state index contributed by atoms with van der Waals surface area (Å²) in [6, 6.07) is 0. The highest BCUT2D eigenvalue weighted by Gasteiger charge is 1.96. The molecule has 2 N–H and O–H groups in total. The molecule has 0 aliphatic rings. The Bertz CT molecular complexity index is 159. The summed E-state index contributed by atoms with van der Waals surface area (Å²) in [6.07, 6.45) is 2.52. The van der Waals surface area contributed by atoms with Crippen LogP contribution in [0, 0.1) is 0 Å². The van der Waals surface area contributed by atoms with Crippen LogP contribution in [-0.2, 0) is 14.3 Å². The number of esters is 1. The van der Waals surface area contributed by atoms with Crippen molar-refractivity contribution in [2.45, 2.75) is 52.2 Å². The van der Waals surface area contributed by atoms with Crippen molar-refractivity contribution in [3.05, 3.63) is 0 Å². The van der Waals surface area contributed by atoms with Crippen molar-refractivity contribution in [1.29, 1.82) is 0 Å². The minimum atomic E-state index is -1.10. The second-order valence-electron chi connectivity index (χ2n) is 3.54. The van der Waals surface area contributed by atoms with Gasteiger partial charge in [-0.25, -0.2) is 0 Å². The molecule has 0 atom stereocenters. The summed E-state index contributed by atoms with van der Waals surface area (Å²) >= 11 is 0. The van der Waals surface area contributed by atoms with Gasteiger partial charge in [-0.2, -0.15) is 0 Å². The normalized spacial score (nSPS) is 9.76. The van der Waals surface area contributed by atoms with Crippen molar-refractivity contribution in [3.8, 4) is 0 Å². The van der Waals surface area contributed by atoms with Gasteiger partial charge in [-0.3, -0.25) is 4.79 Å². The standard InChI is InChI=1S/C8H16O3.C4H10O2/c1-3-8(9)11-7-5-4-6-10-2;1-2-3-4(5)6/h3-7H2,1-2H3;4-6H,2-3H2,1H3. The Morgan fingerprint density at radius 2 is 1.76 bits per heavy atom. The molecule has 104 valence electrons. The van der Waals surface area contributed by atoms with Gasteiger partial charge in [0.25, 0.3) is 0 Å². The summed E-state index contributed by atoms with van der Waals surface area (Å²) in [4.78, 5) is 10.6. The molecule has 0 unspecified atom stereocenters. The summed E-state index contributed by atoms with van der Waals surface area (Å²) in [5.41, 5.74) is 0. The molecule has 0 aromatic carbocycles. The lowest BCUT2D eigenvalue weighted by Crippen LogP contribution is -2.04. The molecule has 5 nitrogen and oxygen atoms in total. The van der Waals surface area contributed by atoms with Crippen LogP contribution in [0.2, 0.25) is 0 Å². The van der Waals surface area contributed by atoms with Gasteiger partial charge in [0.1, 0.15) is 0 Å². The third-order valence-corrected chi connectivity index (χ3v) is 1.84. The topological polar surface area (TPSA) is 76.0 Å². The van der Waals surface area contributed by atoms with Crippen LogP contribution in [-0.4, -0.2) is 42.8 Å². The number of ether oxygens (including phenoxy) is 2. The maximum atomic E-state index is 10.6. The Kier molecular flexibility index (Phi) is 16.9. The van der Waals surface area contributed by atoms with E-state index < -0.39 is 6.29 Å². The number of hydrogen-bond acceptors (Lipinski definition) is 5. The molecule has 0 bridgehead atoms. The summed E-state index contributed by atoms with van der Waals surface area (Å²) in [5.74, 6) is -0.123. The number of rotatable bonds is 8. The number of carbonyl (C=O) groups excluding carboxylic acids is 1. The lowest BCUT2D eigenvalue weighted by molar-refractivity contribution is -0.143. The number of aliphatic hydroxyl groups excluding tert-OH is 1. The zero-order valence-electron chi connectivity index (χ0n) is 11.1. The monoisotopic (exact) mass is 250 g/mol. The highest BCUT2D eigenvalue weighted by Crippen LogP contribution is 1.92. The highest BCUT2D eigenvalue weighted by molar-refractivity contribution is 5.68. The molecule has 0 fully saturated rings. The van der Waals surface area contributed by atoms with Gasteiger partial charge in [-0.1, -0.05) is 20.3 Å². The van der Waals surface area contributed by atoms with Crippen LogP contribution in [0.5, 0.6) is 0 Å². The Balaban J connectivity index is 0. The summed E-state index contributed by atoms with van der Waals surface area (Å²) < 4.78 is 9.68. The molecule has 0 saturated heterocycles. The molecular formula is C12H26O5. The number of aliphatic hydroxyl groups is 2. The van der Waals surface area contributed by atoms with E-state index in [1.165, 1.54) is 0 Å². The van der Waals surface area contributed by atoms with Crippen LogP contribution in [0.3, 0.4) is 0 Å². The van der Waals surface area contributed by atoms with E-state index in [1.807, 2.05) is 6.92 Å². The molecule has 0 saturated carbocycles.